The van der Waals surface area contributed by atoms with Gasteiger partial charge in [0.2, 0.25) is 0 Å². The lowest BCUT2D eigenvalue weighted by atomic mass is 10.1. The molecular formula is C22H28N6O3. The summed E-state index contributed by atoms with van der Waals surface area (Å²) >= 11 is 0. The Labute approximate surface area is 182 Å². The van der Waals surface area contributed by atoms with Crippen molar-refractivity contribution in [2.45, 2.75) is 13.0 Å². The van der Waals surface area contributed by atoms with Crippen molar-refractivity contribution in [1.82, 2.24) is 20.1 Å². The van der Waals surface area contributed by atoms with Crippen molar-refractivity contribution in [3.63, 3.8) is 0 Å². The molecule has 4 rings (SSSR count). The summed E-state index contributed by atoms with van der Waals surface area (Å²) in [6.07, 6.45) is 1.65. The number of hydrogen-bond acceptors (Lipinski definition) is 7. The predicted octanol–water partition coefficient (Wildman–Crippen LogP) is 1.76. The van der Waals surface area contributed by atoms with Crippen molar-refractivity contribution < 1.29 is 13.9 Å². The molecule has 2 aliphatic heterocycles. The molecular weight excluding hydrogens is 396 g/mol. The first-order valence-electron chi connectivity index (χ1n) is 10.7. The van der Waals surface area contributed by atoms with Gasteiger partial charge in [-0.1, -0.05) is 0 Å². The lowest BCUT2D eigenvalue weighted by Gasteiger charge is -2.36. The van der Waals surface area contributed by atoms with Gasteiger partial charge in [-0.3, -0.25) is 4.90 Å². The van der Waals surface area contributed by atoms with Crippen LogP contribution in [0.3, 0.4) is 0 Å². The van der Waals surface area contributed by atoms with Crippen molar-refractivity contribution in [2.24, 2.45) is 0 Å². The summed E-state index contributed by atoms with van der Waals surface area (Å²) in [5.74, 6) is 2.51. The molecule has 1 unspecified atom stereocenters. The van der Waals surface area contributed by atoms with E-state index in [9.17, 15) is 4.79 Å². The molecule has 2 amide bonds. The molecule has 2 fully saturated rings. The summed E-state index contributed by atoms with van der Waals surface area (Å²) in [7, 11) is 0. The van der Waals surface area contributed by atoms with E-state index in [0.29, 0.717) is 51.5 Å². The van der Waals surface area contributed by atoms with Gasteiger partial charge in [-0.25, -0.2) is 9.78 Å². The maximum absolute atomic E-state index is 12.8. The third-order valence-corrected chi connectivity index (χ3v) is 5.79. The Morgan fingerprint density at radius 1 is 1.19 bits per heavy atom. The molecule has 9 nitrogen and oxygen atoms in total. The summed E-state index contributed by atoms with van der Waals surface area (Å²) in [6.45, 7) is 7.98. The van der Waals surface area contributed by atoms with Crippen LogP contribution in [-0.2, 0) is 4.74 Å². The molecule has 9 heteroatoms. The fourth-order valence-electron chi connectivity index (χ4n) is 4.03. The molecule has 1 atom stereocenters. The van der Waals surface area contributed by atoms with E-state index in [1.165, 1.54) is 0 Å². The van der Waals surface area contributed by atoms with Crippen molar-refractivity contribution in [3.8, 4) is 6.07 Å². The van der Waals surface area contributed by atoms with Gasteiger partial charge in [0.25, 0.3) is 0 Å². The van der Waals surface area contributed by atoms with Crippen molar-refractivity contribution in [1.29, 1.82) is 5.26 Å². The van der Waals surface area contributed by atoms with Gasteiger partial charge < -0.3 is 24.3 Å². The maximum atomic E-state index is 12.8. The number of amides is 2. The largest absolute Gasteiger partial charge is 0.465 e. The zero-order valence-corrected chi connectivity index (χ0v) is 17.8. The van der Waals surface area contributed by atoms with Crippen molar-refractivity contribution >= 4 is 11.8 Å². The number of nitriles is 1. The van der Waals surface area contributed by atoms with Crippen LogP contribution in [0.1, 0.15) is 23.1 Å². The Kier molecular flexibility index (Phi) is 6.70. The molecule has 1 N–H and O–H groups in total. The molecule has 31 heavy (non-hydrogen) atoms. The smallest absolute Gasteiger partial charge is 0.317 e. The van der Waals surface area contributed by atoms with Gasteiger partial charge in [0.05, 0.1) is 30.9 Å². The number of pyridine rings is 1. The minimum atomic E-state index is -0.0695. The zero-order chi connectivity index (χ0) is 21.6. The second-order valence-electron chi connectivity index (χ2n) is 7.79. The first-order chi connectivity index (χ1) is 15.1. The van der Waals surface area contributed by atoms with Crippen LogP contribution in [0.4, 0.5) is 10.6 Å². The highest BCUT2D eigenvalue weighted by Crippen LogP contribution is 2.23. The SMILES string of the molecule is Cc1ccc(C(CNC(=O)N2CCN(c3cc(C#N)ccn3)CC2)N2CCOCC2)o1. The normalized spacial score (nSPS) is 18.5. The van der Waals surface area contributed by atoms with Crippen LogP contribution >= 0.6 is 0 Å². The standard InChI is InChI=1S/C22H28N6O3/c1-17-2-3-20(31-17)19(26-10-12-30-13-11-26)16-25-22(29)28-8-6-27(7-9-28)21-14-18(15-23)4-5-24-21/h2-5,14,19H,6-13,16H2,1H3,(H,25,29). The second kappa shape index (κ2) is 9.81. The number of nitrogens with zero attached hydrogens (tertiary/aromatic N) is 5. The summed E-state index contributed by atoms with van der Waals surface area (Å²) in [5, 5.41) is 12.2. The summed E-state index contributed by atoms with van der Waals surface area (Å²) < 4.78 is 11.4. The topological polar surface area (TPSA) is 97.9 Å². The number of carbonyl (C=O) groups is 1. The first kappa shape index (κ1) is 21.2. The number of urea groups is 1. The number of furan rings is 1. The number of piperazine rings is 1. The first-order valence-corrected chi connectivity index (χ1v) is 10.7. The molecule has 0 spiro atoms. The number of ether oxygens (including phenoxy) is 1. The number of anilines is 1. The third kappa shape index (κ3) is 5.16. The van der Waals surface area contributed by atoms with E-state index in [1.807, 2.05) is 24.0 Å². The average molecular weight is 425 g/mol. The van der Waals surface area contributed by atoms with Crippen LogP contribution in [0, 0.1) is 18.3 Å². The lowest BCUT2D eigenvalue weighted by molar-refractivity contribution is 0.0119. The fraction of sp³-hybridized carbons (Fsp3) is 0.500. The highest BCUT2D eigenvalue weighted by atomic mass is 16.5. The summed E-state index contributed by atoms with van der Waals surface area (Å²) in [4.78, 5) is 23.4. The van der Waals surface area contributed by atoms with E-state index in [4.69, 9.17) is 14.4 Å². The molecule has 2 aliphatic rings. The monoisotopic (exact) mass is 424 g/mol. The number of carbonyl (C=O) groups excluding carboxylic acids is 1. The van der Waals surface area contributed by atoms with Crippen molar-refractivity contribution in [2.75, 3.05) is 63.9 Å². The molecule has 0 aromatic carbocycles. The van der Waals surface area contributed by atoms with Gasteiger partial charge in [0.15, 0.2) is 0 Å². The lowest BCUT2D eigenvalue weighted by Crippen LogP contribution is -2.53. The van der Waals surface area contributed by atoms with Crippen LogP contribution in [0.2, 0.25) is 0 Å². The Morgan fingerprint density at radius 2 is 1.97 bits per heavy atom. The van der Waals surface area contributed by atoms with Crippen LogP contribution in [-0.4, -0.2) is 79.8 Å². The molecule has 2 aromatic heterocycles. The molecule has 164 valence electrons. The molecule has 0 aliphatic carbocycles. The number of nitrogens with one attached hydrogen (secondary N) is 1. The third-order valence-electron chi connectivity index (χ3n) is 5.79. The van der Waals surface area contributed by atoms with E-state index in [1.54, 1.807) is 18.3 Å². The number of aryl methyl sites for hydroxylation is 1. The van der Waals surface area contributed by atoms with Crippen molar-refractivity contribution in [3.05, 3.63) is 47.5 Å². The molecule has 0 saturated carbocycles. The van der Waals surface area contributed by atoms with Crippen LogP contribution in [0.15, 0.2) is 34.9 Å². The van der Waals surface area contributed by atoms with E-state index < -0.39 is 0 Å². The quantitative estimate of drug-likeness (QED) is 0.781. The number of morpholine rings is 1. The fourth-order valence-corrected chi connectivity index (χ4v) is 4.03. The van der Waals surface area contributed by atoms with Gasteiger partial charge in [-0.15, -0.1) is 0 Å². The van der Waals surface area contributed by atoms with Gasteiger partial charge in [-0.05, 0) is 31.2 Å². The predicted molar refractivity (Wildman–Crippen MR) is 115 cm³/mol. The van der Waals surface area contributed by atoms with E-state index >= 15 is 0 Å². The minimum Gasteiger partial charge on any atom is -0.465 e. The maximum Gasteiger partial charge on any atom is 0.317 e. The summed E-state index contributed by atoms with van der Waals surface area (Å²) in [5.41, 5.74) is 0.590. The highest BCUT2D eigenvalue weighted by molar-refractivity contribution is 5.74. The van der Waals surface area contributed by atoms with Crippen LogP contribution in [0.25, 0.3) is 0 Å². The Bertz CT molecular complexity index is 925. The molecule has 2 aromatic rings. The average Bonchev–Trinajstić information content (AvgIpc) is 3.25. The number of aromatic nitrogens is 1. The number of rotatable bonds is 5. The second-order valence-corrected chi connectivity index (χ2v) is 7.79. The molecule has 0 bridgehead atoms. The van der Waals surface area contributed by atoms with Crippen LogP contribution in [0.5, 0.6) is 0 Å². The van der Waals surface area contributed by atoms with Gasteiger partial charge in [0.1, 0.15) is 17.3 Å². The van der Waals surface area contributed by atoms with E-state index in [-0.39, 0.29) is 12.1 Å². The van der Waals surface area contributed by atoms with E-state index in [0.717, 1.165) is 30.4 Å². The number of hydrogen-bond donors (Lipinski definition) is 1. The Hall–Kier alpha value is -3.09. The van der Waals surface area contributed by atoms with E-state index in [2.05, 4.69) is 26.2 Å². The summed E-state index contributed by atoms with van der Waals surface area (Å²) in [6, 6.07) is 9.48. The molecule has 0 radical (unpaired) electrons. The Morgan fingerprint density at radius 3 is 2.65 bits per heavy atom. The van der Waals surface area contributed by atoms with Gasteiger partial charge >= 0.3 is 6.03 Å². The van der Waals surface area contributed by atoms with Gasteiger partial charge in [-0.2, -0.15) is 5.26 Å². The molecule has 2 saturated heterocycles. The van der Waals surface area contributed by atoms with Gasteiger partial charge in [0, 0.05) is 52.0 Å². The van der Waals surface area contributed by atoms with Crippen LogP contribution < -0.4 is 10.2 Å². The minimum absolute atomic E-state index is 0.0132. The Balaban J connectivity index is 1.32. The zero-order valence-electron chi connectivity index (χ0n) is 17.8. The highest BCUT2D eigenvalue weighted by Gasteiger charge is 2.27. The molecule has 4 heterocycles.